The zero-order valence-electron chi connectivity index (χ0n) is 10.2. The van der Waals surface area contributed by atoms with Gasteiger partial charge in [0.2, 0.25) is 5.89 Å². The lowest BCUT2D eigenvalue weighted by Crippen LogP contribution is -2.29. The van der Waals surface area contributed by atoms with E-state index in [2.05, 4.69) is 24.1 Å². The van der Waals surface area contributed by atoms with Gasteiger partial charge in [-0.05, 0) is 33.6 Å². The highest BCUT2D eigenvalue weighted by Crippen LogP contribution is 2.19. The highest BCUT2D eigenvalue weighted by molar-refractivity contribution is 4.95. The zero-order valence-corrected chi connectivity index (χ0v) is 10.2. The molecule has 2 rings (SSSR count). The zero-order chi connectivity index (χ0) is 11.5. The number of oxazole rings is 1. The number of nitrogens with one attached hydrogen (secondary N) is 1. The van der Waals surface area contributed by atoms with Crippen molar-refractivity contribution in [1.29, 1.82) is 0 Å². The fourth-order valence-electron chi connectivity index (χ4n) is 2.00. The van der Waals surface area contributed by atoms with Crippen LogP contribution in [0, 0.1) is 6.92 Å². The standard InChI is InChI=1S/C12H20N2O2/c1-8-4-5-11(15-8)7-13-10(3)12-14-6-9(2)16-12/h6,8,10-11,13H,4-5,7H2,1-3H3. The van der Waals surface area contributed by atoms with Crippen molar-refractivity contribution >= 4 is 0 Å². The van der Waals surface area contributed by atoms with E-state index >= 15 is 0 Å². The average Bonchev–Trinajstić information content (AvgIpc) is 2.84. The average molecular weight is 224 g/mol. The molecule has 0 bridgehead atoms. The van der Waals surface area contributed by atoms with E-state index in [-0.39, 0.29) is 6.04 Å². The maximum atomic E-state index is 5.74. The van der Waals surface area contributed by atoms with Gasteiger partial charge in [0.05, 0.1) is 24.4 Å². The Labute approximate surface area is 96.4 Å². The van der Waals surface area contributed by atoms with Gasteiger partial charge in [-0.2, -0.15) is 0 Å². The predicted molar refractivity (Wildman–Crippen MR) is 61.2 cm³/mol. The van der Waals surface area contributed by atoms with Crippen molar-refractivity contribution in [2.45, 2.75) is 51.9 Å². The first-order valence-electron chi connectivity index (χ1n) is 5.96. The molecule has 16 heavy (non-hydrogen) atoms. The summed E-state index contributed by atoms with van der Waals surface area (Å²) in [5.74, 6) is 1.61. The Morgan fingerprint density at radius 1 is 1.56 bits per heavy atom. The Morgan fingerprint density at radius 3 is 2.94 bits per heavy atom. The minimum atomic E-state index is 0.146. The minimum absolute atomic E-state index is 0.146. The molecule has 0 amide bonds. The van der Waals surface area contributed by atoms with Crippen molar-refractivity contribution in [3.8, 4) is 0 Å². The van der Waals surface area contributed by atoms with E-state index < -0.39 is 0 Å². The molecule has 1 aromatic heterocycles. The number of hydrogen-bond donors (Lipinski definition) is 1. The van der Waals surface area contributed by atoms with Crippen LogP contribution in [-0.2, 0) is 4.74 Å². The van der Waals surface area contributed by atoms with Crippen molar-refractivity contribution in [3.63, 3.8) is 0 Å². The third-order valence-electron chi connectivity index (χ3n) is 2.98. The van der Waals surface area contributed by atoms with Crippen LogP contribution in [0.15, 0.2) is 10.6 Å². The molecule has 0 aliphatic carbocycles. The van der Waals surface area contributed by atoms with Crippen LogP contribution in [0.5, 0.6) is 0 Å². The predicted octanol–water partition coefficient (Wildman–Crippen LogP) is 2.20. The smallest absolute Gasteiger partial charge is 0.211 e. The molecule has 3 unspecified atom stereocenters. The summed E-state index contributed by atoms with van der Waals surface area (Å²) < 4.78 is 11.2. The Bertz CT molecular complexity index is 338. The van der Waals surface area contributed by atoms with Crippen molar-refractivity contribution in [2.24, 2.45) is 0 Å². The maximum absolute atomic E-state index is 5.74. The summed E-state index contributed by atoms with van der Waals surface area (Å²) >= 11 is 0. The second-order valence-corrected chi connectivity index (χ2v) is 4.59. The van der Waals surface area contributed by atoms with Crippen molar-refractivity contribution in [1.82, 2.24) is 10.3 Å². The molecule has 1 aromatic rings. The second-order valence-electron chi connectivity index (χ2n) is 4.59. The van der Waals surface area contributed by atoms with Crippen molar-refractivity contribution < 1.29 is 9.15 Å². The Kier molecular flexibility index (Phi) is 3.61. The lowest BCUT2D eigenvalue weighted by atomic mass is 10.2. The number of hydrogen-bond acceptors (Lipinski definition) is 4. The highest BCUT2D eigenvalue weighted by Gasteiger charge is 2.22. The molecule has 0 aromatic carbocycles. The molecule has 1 fully saturated rings. The SMILES string of the molecule is Cc1cnc(C(C)NCC2CCC(C)O2)o1. The van der Waals surface area contributed by atoms with E-state index in [0.717, 1.165) is 24.6 Å². The molecule has 1 saturated heterocycles. The van der Waals surface area contributed by atoms with Crippen molar-refractivity contribution in [3.05, 3.63) is 17.8 Å². The quantitative estimate of drug-likeness (QED) is 0.851. The largest absolute Gasteiger partial charge is 0.444 e. The summed E-state index contributed by atoms with van der Waals surface area (Å²) in [6.07, 6.45) is 4.81. The van der Waals surface area contributed by atoms with Crippen LogP contribution >= 0.6 is 0 Å². The number of ether oxygens (including phenoxy) is 1. The summed E-state index contributed by atoms with van der Waals surface area (Å²) in [4.78, 5) is 4.21. The first kappa shape index (κ1) is 11.6. The van der Waals surface area contributed by atoms with Crippen LogP contribution < -0.4 is 5.32 Å². The van der Waals surface area contributed by atoms with E-state index in [1.54, 1.807) is 6.20 Å². The summed E-state index contributed by atoms with van der Waals surface area (Å²) in [5.41, 5.74) is 0. The molecule has 0 radical (unpaired) electrons. The van der Waals surface area contributed by atoms with E-state index in [1.165, 1.54) is 6.42 Å². The van der Waals surface area contributed by atoms with Gasteiger partial charge >= 0.3 is 0 Å². The van der Waals surface area contributed by atoms with Gasteiger partial charge in [-0.25, -0.2) is 4.98 Å². The van der Waals surface area contributed by atoms with Gasteiger partial charge in [0, 0.05) is 6.54 Å². The summed E-state index contributed by atoms with van der Waals surface area (Å²) in [6.45, 7) is 6.96. The molecule has 0 spiro atoms. The maximum Gasteiger partial charge on any atom is 0.211 e. The van der Waals surface area contributed by atoms with Gasteiger partial charge in [-0.1, -0.05) is 0 Å². The molecular weight excluding hydrogens is 204 g/mol. The normalized spacial score (nSPS) is 27.2. The number of nitrogens with zero attached hydrogens (tertiary/aromatic N) is 1. The summed E-state index contributed by atoms with van der Waals surface area (Å²) in [7, 11) is 0. The third-order valence-corrected chi connectivity index (χ3v) is 2.98. The molecular formula is C12H20N2O2. The number of rotatable bonds is 4. The molecule has 1 aliphatic rings. The Hall–Kier alpha value is -0.870. The van der Waals surface area contributed by atoms with Gasteiger partial charge in [-0.15, -0.1) is 0 Å². The van der Waals surface area contributed by atoms with Crippen LogP contribution in [0.4, 0.5) is 0 Å². The third kappa shape index (κ3) is 2.83. The summed E-state index contributed by atoms with van der Waals surface area (Å²) in [6, 6.07) is 0.146. The van der Waals surface area contributed by atoms with Gasteiger partial charge in [0.1, 0.15) is 5.76 Å². The van der Waals surface area contributed by atoms with Gasteiger partial charge in [0.15, 0.2) is 0 Å². The number of aromatic nitrogens is 1. The fourth-order valence-corrected chi connectivity index (χ4v) is 2.00. The van der Waals surface area contributed by atoms with Crippen LogP contribution in [-0.4, -0.2) is 23.7 Å². The second kappa shape index (κ2) is 4.97. The highest BCUT2D eigenvalue weighted by atomic mass is 16.5. The lowest BCUT2D eigenvalue weighted by molar-refractivity contribution is 0.0541. The molecule has 4 heteroatoms. The first-order chi connectivity index (χ1) is 7.65. The first-order valence-corrected chi connectivity index (χ1v) is 5.96. The minimum Gasteiger partial charge on any atom is -0.444 e. The molecule has 1 N–H and O–H groups in total. The van der Waals surface area contributed by atoms with E-state index in [1.807, 2.05) is 6.92 Å². The molecule has 0 saturated carbocycles. The lowest BCUT2D eigenvalue weighted by Gasteiger charge is -2.15. The summed E-state index contributed by atoms with van der Waals surface area (Å²) in [5, 5.41) is 3.39. The molecule has 3 atom stereocenters. The Morgan fingerprint density at radius 2 is 2.38 bits per heavy atom. The van der Waals surface area contributed by atoms with E-state index in [9.17, 15) is 0 Å². The van der Waals surface area contributed by atoms with Gasteiger partial charge < -0.3 is 14.5 Å². The van der Waals surface area contributed by atoms with Crippen molar-refractivity contribution in [2.75, 3.05) is 6.54 Å². The molecule has 1 aliphatic heterocycles. The molecule has 4 nitrogen and oxygen atoms in total. The Balaban J connectivity index is 1.77. The monoisotopic (exact) mass is 224 g/mol. The van der Waals surface area contributed by atoms with Gasteiger partial charge in [0.25, 0.3) is 0 Å². The van der Waals surface area contributed by atoms with E-state index in [0.29, 0.717) is 12.2 Å². The topological polar surface area (TPSA) is 47.3 Å². The van der Waals surface area contributed by atoms with Gasteiger partial charge in [-0.3, -0.25) is 0 Å². The fraction of sp³-hybridized carbons (Fsp3) is 0.750. The number of aryl methyl sites for hydroxylation is 1. The van der Waals surface area contributed by atoms with Crippen LogP contribution in [0.2, 0.25) is 0 Å². The molecule has 90 valence electrons. The van der Waals surface area contributed by atoms with Crippen LogP contribution in [0.1, 0.15) is 44.4 Å². The van der Waals surface area contributed by atoms with Crippen LogP contribution in [0.3, 0.4) is 0 Å². The van der Waals surface area contributed by atoms with Crippen LogP contribution in [0.25, 0.3) is 0 Å². The van der Waals surface area contributed by atoms with E-state index in [4.69, 9.17) is 9.15 Å². The molecule has 2 heterocycles.